The van der Waals surface area contributed by atoms with Gasteiger partial charge in [0.25, 0.3) is 5.24 Å². The minimum absolute atomic E-state index is 0.261. The third-order valence-electron chi connectivity index (χ3n) is 1.91. The Kier molecular flexibility index (Phi) is 4.32. The van der Waals surface area contributed by atoms with E-state index in [0.717, 1.165) is 0 Å². The molecule has 0 unspecified atom stereocenters. The van der Waals surface area contributed by atoms with E-state index in [2.05, 4.69) is 9.72 Å². The van der Waals surface area contributed by atoms with E-state index in [0.29, 0.717) is 0 Å². The predicted octanol–water partition coefficient (Wildman–Crippen LogP) is 3.29. The molecule has 0 aromatic carbocycles. The molecule has 0 saturated heterocycles. The number of hydrogen-bond donors (Lipinski definition) is 0. The Morgan fingerprint density at radius 2 is 1.81 bits per heavy atom. The summed E-state index contributed by atoms with van der Waals surface area (Å²) in [7, 11) is 0. The first-order valence-electron chi connectivity index (χ1n) is 4.54. The number of hydrogen-bond acceptors (Lipinski definition) is 5. The Morgan fingerprint density at radius 3 is 2.14 bits per heavy atom. The van der Waals surface area contributed by atoms with Gasteiger partial charge in [0.15, 0.2) is 11.1 Å². The molecule has 1 aromatic heterocycles. The Bertz CT molecular complexity index is 600. The molecule has 0 aliphatic heterocycles. The van der Waals surface area contributed by atoms with Gasteiger partial charge in [0.05, 0.1) is 11.1 Å². The summed E-state index contributed by atoms with van der Waals surface area (Å²) in [5.41, 5.74) is -5.75. The van der Waals surface area contributed by atoms with Crippen molar-refractivity contribution in [3.05, 3.63) is 27.4 Å². The van der Waals surface area contributed by atoms with Crippen LogP contribution in [0.4, 0.5) is 32.0 Å². The highest BCUT2D eigenvalue weighted by molar-refractivity contribution is 6.68. The standard InChI is InChI=1S/C8HClF6N2O4/c9-5(18)3-4(17(19)20)2(7(10,11)12)1-16-6(3)21-8(13,14)15/h1H. The van der Waals surface area contributed by atoms with E-state index >= 15 is 0 Å². The van der Waals surface area contributed by atoms with E-state index in [-0.39, 0.29) is 6.20 Å². The van der Waals surface area contributed by atoms with Crippen LogP contribution in [0.1, 0.15) is 15.9 Å². The number of ether oxygens (including phenoxy) is 1. The summed E-state index contributed by atoms with van der Waals surface area (Å²) in [6.07, 6.45) is -11.0. The van der Waals surface area contributed by atoms with E-state index in [4.69, 9.17) is 11.6 Å². The first-order chi connectivity index (χ1) is 9.34. The van der Waals surface area contributed by atoms with E-state index in [1.165, 1.54) is 0 Å². The molecule has 21 heavy (non-hydrogen) atoms. The van der Waals surface area contributed by atoms with Gasteiger partial charge in [-0.05, 0) is 11.6 Å². The fourth-order valence-electron chi connectivity index (χ4n) is 1.25. The molecule has 1 aromatic rings. The number of aromatic nitrogens is 1. The largest absolute Gasteiger partial charge is 0.574 e. The van der Waals surface area contributed by atoms with Crippen molar-refractivity contribution >= 4 is 22.5 Å². The zero-order valence-corrected chi connectivity index (χ0v) is 10.0. The van der Waals surface area contributed by atoms with E-state index in [1.807, 2.05) is 0 Å². The number of carbonyl (C=O) groups is 1. The third-order valence-corrected chi connectivity index (χ3v) is 2.10. The normalized spacial score (nSPS) is 12.1. The molecule has 0 atom stereocenters. The van der Waals surface area contributed by atoms with Gasteiger partial charge in [-0.15, -0.1) is 13.2 Å². The van der Waals surface area contributed by atoms with Crippen molar-refractivity contribution < 1.29 is 40.8 Å². The van der Waals surface area contributed by atoms with Crippen molar-refractivity contribution in [2.75, 3.05) is 0 Å². The monoisotopic (exact) mass is 338 g/mol. The van der Waals surface area contributed by atoms with Gasteiger partial charge in [0.1, 0.15) is 0 Å². The van der Waals surface area contributed by atoms with Gasteiger partial charge in [0, 0.05) is 0 Å². The molecular weight excluding hydrogens is 338 g/mol. The molecule has 13 heteroatoms. The molecule has 0 aliphatic rings. The summed E-state index contributed by atoms with van der Waals surface area (Å²) in [5, 5.41) is 8.68. The number of rotatable bonds is 3. The van der Waals surface area contributed by atoms with Crippen molar-refractivity contribution in [1.29, 1.82) is 0 Å². The van der Waals surface area contributed by atoms with Gasteiger partial charge in [-0.25, -0.2) is 4.98 Å². The number of nitro groups is 1. The zero-order chi connectivity index (χ0) is 16.6. The van der Waals surface area contributed by atoms with Crippen LogP contribution in [0.5, 0.6) is 5.88 Å². The van der Waals surface area contributed by atoms with E-state index in [1.54, 1.807) is 0 Å². The average Bonchev–Trinajstić information content (AvgIpc) is 2.23. The second kappa shape index (κ2) is 5.35. The Labute approximate surface area is 115 Å². The lowest BCUT2D eigenvalue weighted by Crippen LogP contribution is -2.21. The number of carbonyl (C=O) groups excluding carboxylic acids is 1. The number of nitrogens with zero attached hydrogens (tertiary/aromatic N) is 2. The molecule has 0 bridgehead atoms. The lowest BCUT2D eigenvalue weighted by molar-refractivity contribution is -0.388. The molecule has 0 aliphatic carbocycles. The molecule has 0 radical (unpaired) electrons. The van der Waals surface area contributed by atoms with Crippen molar-refractivity contribution in [1.82, 2.24) is 4.98 Å². The number of halogens is 7. The zero-order valence-electron chi connectivity index (χ0n) is 9.25. The fraction of sp³-hybridized carbons (Fsp3) is 0.250. The SMILES string of the molecule is O=C(Cl)c1c(OC(F)(F)F)ncc(C(F)(F)F)c1[N+](=O)[O-]. The Balaban J connectivity index is 3.70. The Morgan fingerprint density at radius 1 is 1.29 bits per heavy atom. The maximum atomic E-state index is 12.6. The molecule has 0 saturated carbocycles. The second-order valence-corrected chi connectivity index (χ2v) is 3.62. The summed E-state index contributed by atoms with van der Waals surface area (Å²) in [6.45, 7) is 0. The summed E-state index contributed by atoms with van der Waals surface area (Å²) in [5.74, 6) is -1.75. The van der Waals surface area contributed by atoms with Gasteiger partial charge in [-0.2, -0.15) is 13.2 Å². The van der Waals surface area contributed by atoms with Gasteiger partial charge in [-0.3, -0.25) is 14.9 Å². The predicted molar refractivity (Wildman–Crippen MR) is 52.8 cm³/mol. The summed E-state index contributed by atoms with van der Waals surface area (Å²) < 4.78 is 77.0. The van der Waals surface area contributed by atoms with Gasteiger partial charge >= 0.3 is 18.2 Å². The first kappa shape index (κ1) is 16.9. The highest BCUT2D eigenvalue weighted by Crippen LogP contribution is 2.41. The summed E-state index contributed by atoms with van der Waals surface area (Å²) in [6, 6.07) is 0. The third kappa shape index (κ3) is 3.93. The van der Waals surface area contributed by atoms with Gasteiger partial charge < -0.3 is 4.74 Å². The summed E-state index contributed by atoms with van der Waals surface area (Å²) in [4.78, 5) is 22.5. The smallest absolute Gasteiger partial charge is 0.387 e. The number of pyridine rings is 1. The molecule has 0 amide bonds. The van der Waals surface area contributed by atoms with Gasteiger partial charge in [0.2, 0.25) is 5.88 Å². The van der Waals surface area contributed by atoms with Crippen molar-refractivity contribution in [3.63, 3.8) is 0 Å². The van der Waals surface area contributed by atoms with Crippen molar-refractivity contribution in [2.45, 2.75) is 12.5 Å². The molecule has 1 rings (SSSR count). The van der Waals surface area contributed by atoms with Crippen LogP contribution in [-0.4, -0.2) is 21.5 Å². The maximum Gasteiger partial charge on any atom is 0.574 e. The molecule has 0 spiro atoms. The number of alkyl halides is 6. The Hall–Kier alpha value is -2.11. The van der Waals surface area contributed by atoms with E-state index in [9.17, 15) is 41.3 Å². The van der Waals surface area contributed by atoms with Crippen LogP contribution in [0.15, 0.2) is 6.20 Å². The molecule has 0 N–H and O–H groups in total. The molecule has 0 fully saturated rings. The fourth-order valence-corrected chi connectivity index (χ4v) is 1.42. The van der Waals surface area contributed by atoms with Crippen LogP contribution >= 0.6 is 11.6 Å². The average molecular weight is 339 g/mol. The van der Waals surface area contributed by atoms with Crippen LogP contribution in [-0.2, 0) is 6.18 Å². The minimum Gasteiger partial charge on any atom is -0.387 e. The van der Waals surface area contributed by atoms with E-state index < -0.39 is 45.4 Å². The van der Waals surface area contributed by atoms with Crippen molar-refractivity contribution in [3.8, 4) is 5.88 Å². The maximum absolute atomic E-state index is 12.6. The second-order valence-electron chi connectivity index (χ2n) is 3.28. The lowest BCUT2D eigenvalue weighted by atomic mass is 10.1. The first-order valence-corrected chi connectivity index (χ1v) is 4.92. The quantitative estimate of drug-likeness (QED) is 0.365. The highest BCUT2D eigenvalue weighted by Gasteiger charge is 2.45. The molecular formula is C8HClF6N2O4. The van der Waals surface area contributed by atoms with Gasteiger partial charge in [-0.1, -0.05) is 0 Å². The topological polar surface area (TPSA) is 82.3 Å². The molecule has 6 nitrogen and oxygen atoms in total. The van der Waals surface area contributed by atoms with Crippen LogP contribution in [0.25, 0.3) is 0 Å². The molecule has 1 heterocycles. The minimum atomic E-state index is -5.44. The summed E-state index contributed by atoms with van der Waals surface area (Å²) >= 11 is 4.81. The van der Waals surface area contributed by atoms with Crippen LogP contribution in [0.2, 0.25) is 0 Å². The highest BCUT2D eigenvalue weighted by atomic mass is 35.5. The lowest BCUT2D eigenvalue weighted by Gasteiger charge is -2.13. The van der Waals surface area contributed by atoms with Crippen LogP contribution < -0.4 is 4.74 Å². The van der Waals surface area contributed by atoms with Crippen LogP contribution in [0, 0.1) is 10.1 Å². The van der Waals surface area contributed by atoms with Crippen molar-refractivity contribution in [2.24, 2.45) is 0 Å². The van der Waals surface area contributed by atoms with Crippen LogP contribution in [0.3, 0.4) is 0 Å². The molecule has 116 valence electrons.